The average Bonchev–Trinajstić information content (AvgIpc) is 2.64. The minimum Gasteiger partial charge on any atom is -0.311 e. The fraction of sp³-hybridized carbons (Fsp3) is 0.778. The minimum absolute atomic E-state index is 0.0848. The predicted molar refractivity (Wildman–Crippen MR) is 65.3 cm³/mol. The molecule has 0 aliphatic rings. The van der Waals surface area contributed by atoms with Gasteiger partial charge in [0, 0.05) is 6.26 Å². The van der Waals surface area contributed by atoms with E-state index in [4.69, 9.17) is 0 Å². The largest absolute Gasteiger partial charge is 0.311 e. The number of hydrogen-bond acceptors (Lipinski definition) is 6. The van der Waals surface area contributed by atoms with Gasteiger partial charge in [-0.15, -0.1) is 10.2 Å². The van der Waals surface area contributed by atoms with E-state index in [0.29, 0.717) is 5.01 Å². The number of hydrogen-bond donors (Lipinski definition) is 1. The van der Waals surface area contributed by atoms with E-state index in [-0.39, 0.29) is 6.04 Å². The molecular weight excluding hydrogens is 246 g/mol. The highest BCUT2D eigenvalue weighted by molar-refractivity contribution is 7.91. The molecule has 1 heterocycles. The first-order chi connectivity index (χ1) is 7.20. The average molecular weight is 263 g/mol. The van der Waals surface area contributed by atoms with Crippen molar-refractivity contribution < 1.29 is 8.42 Å². The van der Waals surface area contributed by atoms with Crippen molar-refractivity contribution in [2.45, 2.75) is 31.6 Å². The van der Waals surface area contributed by atoms with Crippen LogP contribution in [0.3, 0.4) is 0 Å². The lowest BCUT2D eigenvalue weighted by Gasteiger charge is -2.18. The van der Waals surface area contributed by atoms with Gasteiger partial charge < -0.3 is 5.32 Å². The third-order valence-corrected chi connectivity index (χ3v) is 6.29. The molecule has 1 N–H and O–H groups in total. The SMILES string of the molecule is CNC(C)c1nnc(C(C)(C)S(C)(=O)=O)s1. The first-order valence-corrected chi connectivity index (χ1v) is 7.61. The quantitative estimate of drug-likeness (QED) is 0.880. The lowest BCUT2D eigenvalue weighted by Crippen LogP contribution is -2.27. The summed E-state index contributed by atoms with van der Waals surface area (Å²) in [7, 11) is -1.36. The second kappa shape index (κ2) is 4.38. The van der Waals surface area contributed by atoms with Crippen molar-refractivity contribution in [3.63, 3.8) is 0 Å². The molecule has 5 nitrogen and oxygen atoms in total. The molecule has 0 aromatic carbocycles. The van der Waals surface area contributed by atoms with Crippen LogP contribution in [0.1, 0.15) is 36.8 Å². The van der Waals surface area contributed by atoms with E-state index in [1.807, 2.05) is 14.0 Å². The van der Waals surface area contributed by atoms with Gasteiger partial charge in [-0.3, -0.25) is 0 Å². The number of rotatable bonds is 4. The maximum absolute atomic E-state index is 11.6. The topological polar surface area (TPSA) is 72.0 Å². The summed E-state index contributed by atoms with van der Waals surface area (Å²) in [6, 6.07) is 0.0848. The molecule has 0 saturated heterocycles. The summed E-state index contributed by atoms with van der Waals surface area (Å²) in [6.45, 7) is 5.26. The minimum atomic E-state index is -3.19. The van der Waals surface area contributed by atoms with Crippen LogP contribution >= 0.6 is 11.3 Å². The van der Waals surface area contributed by atoms with Gasteiger partial charge in [0.1, 0.15) is 14.8 Å². The zero-order chi connectivity index (χ0) is 12.6. The highest BCUT2D eigenvalue weighted by Gasteiger charge is 2.36. The highest BCUT2D eigenvalue weighted by atomic mass is 32.2. The molecule has 0 fully saturated rings. The second-order valence-corrected chi connectivity index (χ2v) is 7.81. The number of sulfone groups is 1. The van der Waals surface area contributed by atoms with E-state index >= 15 is 0 Å². The Bertz CT molecular complexity index is 465. The Morgan fingerprint density at radius 2 is 1.94 bits per heavy atom. The molecule has 0 spiro atoms. The number of nitrogens with zero attached hydrogens (tertiary/aromatic N) is 2. The molecule has 1 rings (SSSR count). The molecule has 0 aliphatic heterocycles. The van der Waals surface area contributed by atoms with Crippen LogP contribution < -0.4 is 5.32 Å². The molecule has 1 aromatic heterocycles. The monoisotopic (exact) mass is 263 g/mol. The van der Waals surface area contributed by atoms with Gasteiger partial charge in [-0.2, -0.15) is 0 Å². The lowest BCUT2D eigenvalue weighted by molar-refractivity contribution is 0.558. The summed E-state index contributed by atoms with van der Waals surface area (Å²) in [5.74, 6) is 0. The van der Waals surface area contributed by atoms with Crippen molar-refractivity contribution in [2.24, 2.45) is 0 Å². The van der Waals surface area contributed by atoms with Gasteiger partial charge in [0.05, 0.1) is 6.04 Å². The van der Waals surface area contributed by atoms with E-state index in [1.54, 1.807) is 13.8 Å². The zero-order valence-corrected chi connectivity index (χ0v) is 11.7. The number of nitrogens with one attached hydrogen (secondary N) is 1. The van der Waals surface area contributed by atoms with Gasteiger partial charge in [0.25, 0.3) is 0 Å². The molecule has 1 atom stereocenters. The van der Waals surface area contributed by atoms with Crippen LogP contribution in [0.2, 0.25) is 0 Å². The van der Waals surface area contributed by atoms with Crippen LogP contribution in [0.4, 0.5) is 0 Å². The smallest absolute Gasteiger partial charge is 0.159 e. The van der Waals surface area contributed by atoms with Gasteiger partial charge in [0.15, 0.2) is 9.84 Å². The summed E-state index contributed by atoms with van der Waals surface area (Å²) < 4.78 is 22.3. The second-order valence-electron chi connectivity index (χ2n) is 4.24. The van der Waals surface area contributed by atoms with Crippen molar-refractivity contribution in [1.29, 1.82) is 0 Å². The van der Waals surface area contributed by atoms with Gasteiger partial charge in [-0.1, -0.05) is 11.3 Å². The summed E-state index contributed by atoms with van der Waals surface area (Å²) in [5.41, 5.74) is 0. The Balaban J connectivity index is 3.12. The molecule has 0 radical (unpaired) electrons. The predicted octanol–water partition coefficient (Wildman–Crippen LogP) is 1.10. The molecule has 0 bridgehead atoms. The molecule has 16 heavy (non-hydrogen) atoms. The molecule has 7 heteroatoms. The van der Waals surface area contributed by atoms with Crippen molar-refractivity contribution >= 4 is 21.2 Å². The first-order valence-electron chi connectivity index (χ1n) is 4.91. The van der Waals surface area contributed by atoms with Crippen LogP contribution in [-0.2, 0) is 14.6 Å². The van der Waals surface area contributed by atoms with E-state index in [1.165, 1.54) is 17.6 Å². The Hall–Kier alpha value is -0.530. The molecular formula is C9H17N3O2S2. The van der Waals surface area contributed by atoms with Crippen LogP contribution in [-0.4, -0.2) is 31.9 Å². The number of aromatic nitrogens is 2. The molecule has 0 saturated carbocycles. The highest BCUT2D eigenvalue weighted by Crippen LogP contribution is 2.32. The summed E-state index contributed by atoms with van der Waals surface area (Å²) >= 11 is 1.34. The molecule has 1 aromatic rings. The van der Waals surface area contributed by atoms with E-state index in [9.17, 15) is 8.42 Å². The van der Waals surface area contributed by atoms with Gasteiger partial charge in [0.2, 0.25) is 0 Å². The van der Waals surface area contributed by atoms with Crippen LogP contribution in [0.25, 0.3) is 0 Å². The fourth-order valence-electron chi connectivity index (χ4n) is 0.935. The first kappa shape index (κ1) is 13.5. The van der Waals surface area contributed by atoms with Crippen LogP contribution in [0.15, 0.2) is 0 Å². The van der Waals surface area contributed by atoms with Gasteiger partial charge in [-0.25, -0.2) is 8.42 Å². The summed E-state index contributed by atoms with van der Waals surface area (Å²) in [5, 5.41) is 12.4. The van der Waals surface area contributed by atoms with Crippen molar-refractivity contribution in [3.8, 4) is 0 Å². The fourth-order valence-corrected chi connectivity index (χ4v) is 2.77. The Morgan fingerprint density at radius 1 is 1.38 bits per heavy atom. The van der Waals surface area contributed by atoms with E-state index < -0.39 is 14.6 Å². The zero-order valence-electron chi connectivity index (χ0n) is 10.1. The molecule has 92 valence electrons. The molecule has 0 aliphatic carbocycles. The normalized spacial score (nSPS) is 15.1. The Morgan fingerprint density at radius 3 is 2.38 bits per heavy atom. The van der Waals surface area contributed by atoms with E-state index in [2.05, 4.69) is 15.5 Å². The molecule has 0 amide bonds. The van der Waals surface area contributed by atoms with Gasteiger partial charge in [-0.05, 0) is 27.8 Å². The maximum Gasteiger partial charge on any atom is 0.159 e. The Kier molecular flexibility index (Phi) is 3.71. The lowest BCUT2D eigenvalue weighted by atomic mass is 10.2. The molecule has 1 unspecified atom stereocenters. The summed E-state index contributed by atoms with van der Waals surface area (Å²) in [6.07, 6.45) is 1.22. The van der Waals surface area contributed by atoms with Gasteiger partial charge >= 0.3 is 0 Å². The summed E-state index contributed by atoms with van der Waals surface area (Å²) in [4.78, 5) is 0. The third-order valence-electron chi connectivity index (χ3n) is 2.69. The van der Waals surface area contributed by atoms with Crippen LogP contribution in [0, 0.1) is 0 Å². The van der Waals surface area contributed by atoms with Crippen molar-refractivity contribution in [1.82, 2.24) is 15.5 Å². The third kappa shape index (κ3) is 2.41. The van der Waals surface area contributed by atoms with E-state index in [0.717, 1.165) is 5.01 Å². The Labute approximate surface area is 100 Å². The standard InChI is InChI=1S/C9H17N3O2S2/c1-6(10-4)7-11-12-8(15-7)9(2,3)16(5,13)14/h6,10H,1-5H3. The van der Waals surface area contributed by atoms with Crippen molar-refractivity contribution in [2.75, 3.05) is 13.3 Å². The van der Waals surface area contributed by atoms with Crippen molar-refractivity contribution in [3.05, 3.63) is 10.0 Å². The maximum atomic E-state index is 11.6. The van der Waals surface area contributed by atoms with Crippen LogP contribution in [0.5, 0.6) is 0 Å².